The van der Waals surface area contributed by atoms with Crippen molar-refractivity contribution in [3.8, 4) is 22.5 Å². The average molecular weight is 316 g/mol. The third-order valence-corrected chi connectivity index (χ3v) is 4.18. The lowest BCUT2D eigenvalue weighted by Gasteiger charge is -2.10. The third kappa shape index (κ3) is 2.71. The molecule has 3 aromatic carbocycles. The SMILES string of the molecule is Clc1ccc(-c2nc(-c3ccccc3)cc3ccccc23)cc1. The number of halogens is 1. The van der Waals surface area contributed by atoms with Crippen LogP contribution >= 0.6 is 11.6 Å². The van der Waals surface area contributed by atoms with Crippen LogP contribution in [0.15, 0.2) is 84.9 Å². The lowest BCUT2D eigenvalue weighted by Crippen LogP contribution is -1.90. The summed E-state index contributed by atoms with van der Waals surface area (Å²) in [6, 6.07) is 28.6. The second-order valence-electron chi connectivity index (χ2n) is 5.45. The molecule has 1 aromatic heterocycles. The molecule has 0 unspecified atom stereocenters. The summed E-state index contributed by atoms with van der Waals surface area (Å²) in [6.07, 6.45) is 0. The number of fused-ring (bicyclic) bond motifs is 1. The zero-order valence-corrected chi connectivity index (χ0v) is 13.2. The Bertz CT molecular complexity index is 960. The smallest absolute Gasteiger partial charge is 0.0787 e. The molecule has 110 valence electrons. The maximum absolute atomic E-state index is 6.02. The van der Waals surface area contributed by atoms with Gasteiger partial charge in [-0.1, -0.05) is 78.3 Å². The number of pyridine rings is 1. The quantitative estimate of drug-likeness (QED) is 0.428. The van der Waals surface area contributed by atoms with E-state index < -0.39 is 0 Å². The number of hydrogen-bond acceptors (Lipinski definition) is 1. The van der Waals surface area contributed by atoms with E-state index in [0.29, 0.717) is 0 Å². The molecule has 4 aromatic rings. The van der Waals surface area contributed by atoms with Crippen LogP contribution in [0.25, 0.3) is 33.3 Å². The van der Waals surface area contributed by atoms with Gasteiger partial charge < -0.3 is 0 Å². The van der Waals surface area contributed by atoms with Gasteiger partial charge in [0.2, 0.25) is 0 Å². The molecule has 0 saturated heterocycles. The molecule has 0 atom stereocenters. The van der Waals surface area contributed by atoms with Gasteiger partial charge in [-0.3, -0.25) is 0 Å². The van der Waals surface area contributed by atoms with Gasteiger partial charge in [0.15, 0.2) is 0 Å². The molecule has 0 saturated carbocycles. The highest BCUT2D eigenvalue weighted by Crippen LogP contribution is 2.31. The Labute approximate surface area is 140 Å². The van der Waals surface area contributed by atoms with E-state index in [1.165, 1.54) is 5.39 Å². The number of benzene rings is 3. The summed E-state index contributed by atoms with van der Waals surface area (Å²) in [4.78, 5) is 4.93. The van der Waals surface area contributed by atoms with Crippen LogP contribution in [0.1, 0.15) is 0 Å². The van der Waals surface area contributed by atoms with Crippen molar-refractivity contribution in [2.75, 3.05) is 0 Å². The van der Waals surface area contributed by atoms with Gasteiger partial charge in [-0.05, 0) is 23.6 Å². The normalized spacial score (nSPS) is 10.8. The summed E-state index contributed by atoms with van der Waals surface area (Å²) in [5.41, 5.74) is 4.16. The Kier molecular flexibility index (Phi) is 3.57. The van der Waals surface area contributed by atoms with Crippen molar-refractivity contribution < 1.29 is 0 Å². The van der Waals surface area contributed by atoms with Gasteiger partial charge in [-0.25, -0.2) is 4.98 Å². The Morgan fingerprint density at radius 2 is 1.35 bits per heavy atom. The standard InChI is InChI=1S/C21H14ClN/c22-18-12-10-16(11-13-18)21-19-9-5-4-8-17(19)14-20(23-21)15-6-2-1-3-7-15/h1-14H. The summed E-state index contributed by atoms with van der Waals surface area (Å²) in [7, 11) is 0. The molecular weight excluding hydrogens is 302 g/mol. The minimum Gasteiger partial charge on any atom is -0.247 e. The van der Waals surface area contributed by atoms with Gasteiger partial charge in [-0.15, -0.1) is 0 Å². The van der Waals surface area contributed by atoms with Gasteiger partial charge in [0, 0.05) is 21.5 Å². The molecule has 0 fully saturated rings. The van der Waals surface area contributed by atoms with Crippen LogP contribution in [-0.2, 0) is 0 Å². The second kappa shape index (κ2) is 5.86. The highest BCUT2D eigenvalue weighted by Gasteiger charge is 2.09. The van der Waals surface area contributed by atoms with Crippen LogP contribution in [-0.4, -0.2) is 4.98 Å². The maximum atomic E-state index is 6.02. The molecule has 0 aliphatic rings. The van der Waals surface area contributed by atoms with E-state index in [0.717, 1.165) is 32.9 Å². The van der Waals surface area contributed by atoms with Gasteiger partial charge in [0.25, 0.3) is 0 Å². The van der Waals surface area contributed by atoms with Crippen LogP contribution in [0.4, 0.5) is 0 Å². The molecule has 0 aliphatic heterocycles. The molecule has 0 spiro atoms. The van der Waals surface area contributed by atoms with Crippen LogP contribution in [0.3, 0.4) is 0 Å². The van der Waals surface area contributed by atoms with Gasteiger partial charge in [-0.2, -0.15) is 0 Å². The van der Waals surface area contributed by atoms with E-state index in [1.54, 1.807) is 0 Å². The van der Waals surface area contributed by atoms with Crippen molar-refractivity contribution >= 4 is 22.4 Å². The zero-order chi connectivity index (χ0) is 15.6. The average Bonchev–Trinajstić information content (AvgIpc) is 2.62. The molecule has 1 nitrogen and oxygen atoms in total. The molecule has 0 radical (unpaired) electrons. The van der Waals surface area contributed by atoms with Crippen LogP contribution in [0.5, 0.6) is 0 Å². The minimum absolute atomic E-state index is 0.734. The molecular formula is C21H14ClN. The van der Waals surface area contributed by atoms with Gasteiger partial charge in [0.1, 0.15) is 0 Å². The fourth-order valence-corrected chi connectivity index (χ4v) is 2.91. The van der Waals surface area contributed by atoms with Crippen LogP contribution in [0, 0.1) is 0 Å². The zero-order valence-electron chi connectivity index (χ0n) is 12.4. The fraction of sp³-hybridized carbons (Fsp3) is 0. The first kappa shape index (κ1) is 14.0. The first-order valence-corrected chi connectivity index (χ1v) is 7.90. The Morgan fingerprint density at radius 1 is 0.652 bits per heavy atom. The molecule has 0 bridgehead atoms. The van der Waals surface area contributed by atoms with Crippen molar-refractivity contribution in [2.45, 2.75) is 0 Å². The van der Waals surface area contributed by atoms with Crippen molar-refractivity contribution in [1.82, 2.24) is 4.98 Å². The topological polar surface area (TPSA) is 12.9 Å². The summed E-state index contributed by atoms with van der Waals surface area (Å²) in [5, 5.41) is 3.07. The Balaban J connectivity index is 2.00. The summed E-state index contributed by atoms with van der Waals surface area (Å²) in [5.74, 6) is 0. The van der Waals surface area contributed by atoms with E-state index in [9.17, 15) is 0 Å². The first-order chi connectivity index (χ1) is 11.3. The van der Waals surface area contributed by atoms with E-state index >= 15 is 0 Å². The van der Waals surface area contributed by atoms with E-state index in [2.05, 4.69) is 36.4 Å². The van der Waals surface area contributed by atoms with Crippen molar-refractivity contribution in [2.24, 2.45) is 0 Å². The largest absolute Gasteiger partial charge is 0.247 e. The molecule has 0 N–H and O–H groups in total. The van der Waals surface area contributed by atoms with Gasteiger partial charge >= 0.3 is 0 Å². The van der Waals surface area contributed by atoms with E-state index in [1.807, 2.05) is 48.5 Å². The van der Waals surface area contributed by atoms with Crippen LogP contribution < -0.4 is 0 Å². The minimum atomic E-state index is 0.734. The monoisotopic (exact) mass is 315 g/mol. The molecule has 1 heterocycles. The highest BCUT2D eigenvalue weighted by molar-refractivity contribution is 6.30. The molecule has 0 amide bonds. The van der Waals surface area contributed by atoms with E-state index in [4.69, 9.17) is 16.6 Å². The third-order valence-electron chi connectivity index (χ3n) is 3.93. The predicted molar refractivity (Wildman–Crippen MR) is 97.6 cm³/mol. The molecule has 23 heavy (non-hydrogen) atoms. The second-order valence-corrected chi connectivity index (χ2v) is 5.89. The highest BCUT2D eigenvalue weighted by atomic mass is 35.5. The van der Waals surface area contributed by atoms with Crippen molar-refractivity contribution in [3.63, 3.8) is 0 Å². The number of aromatic nitrogens is 1. The molecule has 4 rings (SSSR count). The number of hydrogen-bond donors (Lipinski definition) is 0. The number of rotatable bonds is 2. The summed E-state index contributed by atoms with van der Waals surface area (Å²) in [6.45, 7) is 0. The summed E-state index contributed by atoms with van der Waals surface area (Å²) < 4.78 is 0. The lowest BCUT2D eigenvalue weighted by molar-refractivity contribution is 1.35. The van der Waals surface area contributed by atoms with Crippen molar-refractivity contribution in [1.29, 1.82) is 0 Å². The lowest BCUT2D eigenvalue weighted by atomic mass is 10.0. The van der Waals surface area contributed by atoms with E-state index in [-0.39, 0.29) is 0 Å². The molecule has 2 heteroatoms. The van der Waals surface area contributed by atoms with Gasteiger partial charge in [0.05, 0.1) is 11.4 Å². The van der Waals surface area contributed by atoms with Crippen molar-refractivity contribution in [3.05, 3.63) is 90.0 Å². The predicted octanol–water partition coefficient (Wildman–Crippen LogP) is 6.22. The van der Waals surface area contributed by atoms with Crippen LogP contribution in [0.2, 0.25) is 5.02 Å². The fourth-order valence-electron chi connectivity index (χ4n) is 2.78. The summed E-state index contributed by atoms with van der Waals surface area (Å²) >= 11 is 6.02. The number of nitrogens with zero attached hydrogens (tertiary/aromatic N) is 1. The Hall–Kier alpha value is -2.64. The Morgan fingerprint density at radius 3 is 2.13 bits per heavy atom. The first-order valence-electron chi connectivity index (χ1n) is 7.52. The molecule has 0 aliphatic carbocycles. The maximum Gasteiger partial charge on any atom is 0.0787 e.